The van der Waals surface area contributed by atoms with E-state index < -0.39 is 10.8 Å². The van der Waals surface area contributed by atoms with E-state index in [1.54, 1.807) is 11.3 Å². The van der Waals surface area contributed by atoms with Crippen molar-refractivity contribution in [2.24, 2.45) is 5.10 Å². The molecule has 0 fully saturated rings. The predicted octanol–water partition coefficient (Wildman–Crippen LogP) is 3.37. The number of thiophene rings is 1. The quantitative estimate of drug-likeness (QED) is 0.521. The monoisotopic (exact) mass is 317 g/mol. The van der Waals surface area contributed by atoms with Crippen LogP contribution in [0.5, 0.6) is 0 Å². The number of nitrogens with zero attached hydrogens (tertiary/aromatic N) is 2. The van der Waals surface area contributed by atoms with Crippen LogP contribution in [0.25, 0.3) is 0 Å². The molecule has 0 saturated carbocycles. The van der Waals surface area contributed by atoms with Gasteiger partial charge in [-0.15, -0.1) is 11.3 Å². The second kappa shape index (κ2) is 6.95. The smallest absolute Gasteiger partial charge is 0.267 e. The predicted molar refractivity (Wildman–Crippen MR) is 86.5 cm³/mol. The van der Waals surface area contributed by atoms with E-state index in [0.29, 0.717) is 5.56 Å². The molecule has 0 aliphatic carbocycles. The minimum absolute atomic E-state index is 0.0538. The number of rotatable bonds is 5. The highest BCUT2D eigenvalue weighted by atomic mass is 32.1. The van der Waals surface area contributed by atoms with Crippen LogP contribution in [0.15, 0.2) is 41.5 Å². The largest absolute Gasteiger partial charge is 0.271 e. The van der Waals surface area contributed by atoms with Crippen molar-refractivity contribution in [3.8, 4) is 0 Å². The van der Waals surface area contributed by atoms with Crippen molar-refractivity contribution < 1.29 is 9.72 Å². The third kappa shape index (κ3) is 3.76. The van der Waals surface area contributed by atoms with E-state index in [1.807, 2.05) is 19.1 Å². The Morgan fingerprint density at radius 2 is 1.95 bits per heavy atom. The van der Waals surface area contributed by atoms with Crippen LogP contribution in [0.1, 0.15) is 34.0 Å². The van der Waals surface area contributed by atoms with E-state index >= 15 is 0 Å². The summed E-state index contributed by atoms with van der Waals surface area (Å²) in [6.07, 6.45) is 0.965. The zero-order valence-corrected chi connectivity index (χ0v) is 13.0. The summed E-state index contributed by atoms with van der Waals surface area (Å²) in [7, 11) is 0. The molecule has 7 heteroatoms. The van der Waals surface area contributed by atoms with Crippen LogP contribution < -0.4 is 5.43 Å². The number of hydrazone groups is 1. The van der Waals surface area contributed by atoms with Gasteiger partial charge in [-0.3, -0.25) is 14.9 Å². The van der Waals surface area contributed by atoms with Gasteiger partial charge in [-0.05, 0) is 37.6 Å². The van der Waals surface area contributed by atoms with Gasteiger partial charge < -0.3 is 0 Å². The van der Waals surface area contributed by atoms with Gasteiger partial charge in [0.2, 0.25) is 0 Å². The maximum Gasteiger partial charge on any atom is 0.271 e. The molecule has 0 unspecified atom stereocenters. The molecule has 2 aromatic rings. The molecule has 114 valence electrons. The summed E-state index contributed by atoms with van der Waals surface area (Å²) in [5.74, 6) is -0.401. The summed E-state index contributed by atoms with van der Waals surface area (Å²) in [4.78, 5) is 24.3. The summed E-state index contributed by atoms with van der Waals surface area (Å²) >= 11 is 1.64. The molecule has 1 N–H and O–H groups in total. The van der Waals surface area contributed by atoms with Gasteiger partial charge in [-0.25, -0.2) is 5.43 Å². The molecule has 1 amide bonds. The SMILES string of the molecule is CCc1ccc(C(C)=NNC(=O)c2ccc([N+](=O)[O-])cc2)s1. The third-order valence-corrected chi connectivity index (χ3v) is 4.37. The molecule has 1 aromatic carbocycles. The number of hydrogen-bond donors (Lipinski definition) is 1. The third-order valence-electron chi connectivity index (χ3n) is 3.03. The molecule has 0 saturated heterocycles. The average Bonchev–Trinajstić information content (AvgIpc) is 3.01. The van der Waals surface area contributed by atoms with Crippen molar-refractivity contribution in [2.45, 2.75) is 20.3 Å². The standard InChI is InChI=1S/C15H15N3O3S/c1-3-13-8-9-14(22-13)10(2)16-17-15(19)11-4-6-12(7-5-11)18(20)21/h4-9H,3H2,1-2H3,(H,17,19). The number of amides is 1. The normalized spacial score (nSPS) is 11.3. The van der Waals surface area contributed by atoms with Gasteiger partial charge in [-0.1, -0.05) is 6.92 Å². The number of aryl methyl sites for hydroxylation is 1. The molecule has 0 atom stereocenters. The van der Waals surface area contributed by atoms with Crippen LogP contribution in [0.4, 0.5) is 5.69 Å². The number of nitro benzene ring substituents is 1. The van der Waals surface area contributed by atoms with Crippen molar-refractivity contribution in [1.29, 1.82) is 0 Å². The Bertz CT molecular complexity index is 720. The first-order valence-electron chi connectivity index (χ1n) is 6.69. The van der Waals surface area contributed by atoms with Crippen molar-refractivity contribution in [3.05, 3.63) is 61.8 Å². The Morgan fingerprint density at radius 1 is 1.27 bits per heavy atom. The van der Waals surface area contributed by atoms with Crippen LogP contribution in [0, 0.1) is 10.1 Å². The lowest BCUT2D eigenvalue weighted by atomic mass is 10.2. The van der Waals surface area contributed by atoms with Crippen molar-refractivity contribution in [2.75, 3.05) is 0 Å². The van der Waals surface area contributed by atoms with Crippen molar-refractivity contribution in [1.82, 2.24) is 5.43 Å². The molecule has 2 rings (SSSR count). The number of carbonyl (C=O) groups excluding carboxylic acids is 1. The lowest BCUT2D eigenvalue weighted by molar-refractivity contribution is -0.384. The lowest BCUT2D eigenvalue weighted by Gasteiger charge is -2.01. The van der Waals surface area contributed by atoms with Crippen LogP contribution >= 0.6 is 11.3 Å². The molecular weight excluding hydrogens is 302 g/mol. The van der Waals surface area contributed by atoms with Crippen molar-refractivity contribution in [3.63, 3.8) is 0 Å². The molecule has 1 heterocycles. The minimum atomic E-state index is -0.508. The van der Waals surface area contributed by atoms with Crippen LogP contribution in [-0.2, 0) is 6.42 Å². The average molecular weight is 317 g/mol. The number of carbonyl (C=O) groups is 1. The second-order valence-electron chi connectivity index (χ2n) is 4.56. The lowest BCUT2D eigenvalue weighted by Crippen LogP contribution is -2.19. The summed E-state index contributed by atoms with van der Waals surface area (Å²) < 4.78 is 0. The van der Waals surface area contributed by atoms with Gasteiger partial charge in [0.15, 0.2) is 0 Å². The number of benzene rings is 1. The zero-order valence-electron chi connectivity index (χ0n) is 12.2. The van der Waals surface area contributed by atoms with Gasteiger partial charge in [0.05, 0.1) is 15.5 Å². The Labute approximate surface area is 131 Å². The fourth-order valence-electron chi connectivity index (χ4n) is 1.75. The van der Waals surface area contributed by atoms with E-state index in [9.17, 15) is 14.9 Å². The number of nitro groups is 1. The van der Waals surface area contributed by atoms with E-state index in [4.69, 9.17) is 0 Å². The zero-order chi connectivity index (χ0) is 16.1. The number of hydrogen-bond acceptors (Lipinski definition) is 5. The minimum Gasteiger partial charge on any atom is -0.267 e. The topological polar surface area (TPSA) is 84.6 Å². The van der Waals surface area contributed by atoms with Crippen molar-refractivity contribution >= 4 is 28.6 Å². The molecule has 0 radical (unpaired) electrons. The van der Waals surface area contributed by atoms with Crippen LogP contribution in [0.3, 0.4) is 0 Å². The molecular formula is C15H15N3O3S. The Balaban J connectivity index is 2.04. The van der Waals surface area contributed by atoms with E-state index in [0.717, 1.165) is 17.0 Å². The summed E-state index contributed by atoms with van der Waals surface area (Å²) in [6.45, 7) is 3.90. The Kier molecular flexibility index (Phi) is 5.00. The molecule has 6 nitrogen and oxygen atoms in total. The second-order valence-corrected chi connectivity index (χ2v) is 5.73. The summed E-state index contributed by atoms with van der Waals surface area (Å²) in [5, 5.41) is 14.6. The fraction of sp³-hybridized carbons (Fsp3) is 0.200. The Hall–Kier alpha value is -2.54. The molecule has 0 aliphatic rings. The van der Waals surface area contributed by atoms with Crippen LogP contribution in [-0.4, -0.2) is 16.5 Å². The van der Waals surface area contributed by atoms with Gasteiger partial charge >= 0.3 is 0 Å². The number of nitrogens with one attached hydrogen (secondary N) is 1. The van der Waals surface area contributed by atoms with E-state index in [-0.39, 0.29) is 5.69 Å². The molecule has 1 aromatic heterocycles. The van der Waals surface area contributed by atoms with E-state index in [1.165, 1.54) is 29.1 Å². The maximum atomic E-state index is 11.9. The Morgan fingerprint density at radius 3 is 2.50 bits per heavy atom. The van der Waals surface area contributed by atoms with Gasteiger partial charge in [0.25, 0.3) is 11.6 Å². The van der Waals surface area contributed by atoms with Gasteiger partial charge in [0.1, 0.15) is 0 Å². The highest BCUT2D eigenvalue weighted by Crippen LogP contribution is 2.17. The first-order valence-corrected chi connectivity index (χ1v) is 7.51. The summed E-state index contributed by atoms with van der Waals surface area (Å²) in [6, 6.07) is 9.39. The highest BCUT2D eigenvalue weighted by molar-refractivity contribution is 7.14. The highest BCUT2D eigenvalue weighted by Gasteiger charge is 2.09. The molecule has 0 aliphatic heterocycles. The molecule has 22 heavy (non-hydrogen) atoms. The maximum absolute atomic E-state index is 11.9. The number of non-ortho nitro benzene ring substituents is 1. The van der Waals surface area contributed by atoms with Gasteiger partial charge in [-0.2, -0.15) is 5.10 Å². The summed E-state index contributed by atoms with van der Waals surface area (Å²) in [5.41, 5.74) is 3.45. The fourth-order valence-corrected chi connectivity index (χ4v) is 2.64. The molecule has 0 bridgehead atoms. The van der Waals surface area contributed by atoms with Crippen LogP contribution in [0.2, 0.25) is 0 Å². The first-order chi connectivity index (χ1) is 10.5. The van der Waals surface area contributed by atoms with E-state index in [2.05, 4.69) is 17.5 Å². The first kappa shape index (κ1) is 15.8. The molecule has 0 spiro atoms. The van der Waals surface area contributed by atoms with Gasteiger partial charge in [0, 0.05) is 22.6 Å².